The molecular formula is C11H12N2O. The van der Waals surface area contributed by atoms with Gasteiger partial charge in [-0.25, -0.2) is 0 Å². The number of carbonyl (C=O) groups excluding carboxylic acids is 1. The first-order valence-electron chi connectivity index (χ1n) is 4.52. The van der Waals surface area contributed by atoms with Gasteiger partial charge in [0.1, 0.15) is 0 Å². The van der Waals surface area contributed by atoms with Gasteiger partial charge in [-0.1, -0.05) is 0 Å². The molecule has 0 spiro atoms. The van der Waals surface area contributed by atoms with Crippen LogP contribution in [0.5, 0.6) is 0 Å². The molecule has 0 saturated heterocycles. The van der Waals surface area contributed by atoms with Gasteiger partial charge in [-0.2, -0.15) is 0 Å². The summed E-state index contributed by atoms with van der Waals surface area (Å²) in [4.78, 5) is 14.1. The third-order valence-corrected chi connectivity index (χ3v) is 2.11. The van der Waals surface area contributed by atoms with Crippen molar-refractivity contribution < 1.29 is 4.79 Å². The van der Waals surface area contributed by atoms with Crippen molar-refractivity contribution in [1.82, 2.24) is 4.98 Å². The Bertz CT molecular complexity index is 485. The van der Waals surface area contributed by atoms with Gasteiger partial charge in [0, 0.05) is 18.5 Å². The van der Waals surface area contributed by atoms with Crippen molar-refractivity contribution >= 4 is 22.5 Å². The van der Waals surface area contributed by atoms with Crippen molar-refractivity contribution in [3.8, 4) is 0 Å². The SMILES string of the molecule is CC(=O)Nc1cc(C)cc2cc[nH]c12. The van der Waals surface area contributed by atoms with Gasteiger partial charge in [0.25, 0.3) is 0 Å². The largest absolute Gasteiger partial charge is 0.359 e. The normalized spacial score (nSPS) is 10.4. The quantitative estimate of drug-likeness (QED) is 0.709. The van der Waals surface area contributed by atoms with Crippen molar-refractivity contribution in [1.29, 1.82) is 0 Å². The highest BCUT2D eigenvalue weighted by molar-refractivity contribution is 6.00. The molecule has 0 atom stereocenters. The Hall–Kier alpha value is -1.77. The first kappa shape index (κ1) is 8.81. The van der Waals surface area contributed by atoms with Gasteiger partial charge in [-0.3, -0.25) is 4.79 Å². The van der Waals surface area contributed by atoms with Gasteiger partial charge in [0.15, 0.2) is 0 Å². The van der Waals surface area contributed by atoms with E-state index in [1.165, 1.54) is 6.92 Å². The second-order valence-electron chi connectivity index (χ2n) is 3.44. The summed E-state index contributed by atoms with van der Waals surface area (Å²) in [6, 6.07) is 6.03. The lowest BCUT2D eigenvalue weighted by Gasteiger charge is -2.05. The van der Waals surface area contributed by atoms with Crippen molar-refractivity contribution in [3.05, 3.63) is 30.0 Å². The van der Waals surface area contributed by atoms with Crippen LogP contribution in [-0.4, -0.2) is 10.9 Å². The van der Waals surface area contributed by atoms with Crippen LogP contribution in [0.4, 0.5) is 5.69 Å². The summed E-state index contributed by atoms with van der Waals surface area (Å²) in [6.45, 7) is 3.52. The Balaban J connectivity index is 2.60. The van der Waals surface area contributed by atoms with Crippen LogP contribution >= 0.6 is 0 Å². The molecule has 0 fully saturated rings. The maximum Gasteiger partial charge on any atom is 0.221 e. The Kier molecular flexibility index (Phi) is 2.00. The molecule has 2 aromatic rings. The molecular weight excluding hydrogens is 176 g/mol. The maximum absolute atomic E-state index is 11.0. The van der Waals surface area contributed by atoms with Crippen LogP contribution in [0.15, 0.2) is 24.4 Å². The van der Waals surface area contributed by atoms with E-state index in [2.05, 4.69) is 16.4 Å². The van der Waals surface area contributed by atoms with E-state index in [4.69, 9.17) is 0 Å². The summed E-state index contributed by atoms with van der Waals surface area (Å²) >= 11 is 0. The molecule has 1 heterocycles. The Morgan fingerprint density at radius 3 is 2.93 bits per heavy atom. The summed E-state index contributed by atoms with van der Waals surface area (Å²) in [7, 11) is 0. The van der Waals surface area contributed by atoms with Crippen molar-refractivity contribution in [2.24, 2.45) is 0 Å². The van der Waals surface area contributed by atoms with Crippen LogP contribution in [0.2, 0.25) is 0 Å². The molecule has 3 heteroatoms. The Morgan fingerprint density at radius 2 is 2.21 bits per heavy atom. The van der Waals surface area contributed by atoms with Gasteiger partial charge in [-0.15, -0.1) is 0 Å². The fraction of sp³-hybridized carbons (Fsp3) is 0.182. The molecule has 0 radical (unpaired) electrons. The average molecular weight is 188 g/mol. The molecule has 2 rings (SSSR count). The molecule has 2 N–H and O–H groups in total. The molecule has 0 bridgehead atoms. The zero-order chi connectivity index (χ0) is 10.1. The number of amides is 1. The monoisotopic (exact) mass is 188 g/mol. The predicted octanol–water partition coefficient (Wildman–Crippen LogP) is 2.43. The minimum absolute atomic E-state index is 0.0495. The number of aryl methyl sites for hydroxylation is 1. The van der Waals surface area contributed by atoms with Crippen molar-refractivity contribution in [3.63, 3.8) is 0 Å². The number of fused-ring (bicyclic) bond motifs is 1. The van der Waals surface area contributed by atoms with Crippen LogP contribution in [0.1, 0.15) is 12.5 Å². The summed E-state index contributed by atoms with van der Waals surface area (Å²) in [5.41, 5.74) is 2.96. The summed E-state index contributed by atoms with van der Waals surface area (Å²) in [5, 5.41) is 3.92. The molecule has 0 aliphatic carbocycles. The number of hydrogen-bond acceptors (Lipinski definition) is 1. The highest BCUT2D eigenvalue weighted by Gasteiger charge is 2.04. The molecule has 0 aliphatic rings. The fourth-order valence-corrected chi connectivity index (χ4v) is 1.61. The molecule has 3 nitrogen and oxygen atoms in total. The Labute approximate surface area is 82.1 Å². The lowest BCUT2D eigenvalue weighted by molar-refractivity contribution is -0.114. The zero-order valence-electron chi connectivity index (χ0n) is 8.22. The average Bonchev–Trinajstić information content (AvgIpc) is 2.50. The lowest BCUT2D eigenvalue weighted by atomic mass is 10.1. The van der Waals surface area contributed by atoms with Gasteiger partial charge < -0.3 is 10.3 Å². The standard InChI is InChI=1S/C11H12N2O/c1-7-5-9-3-4-12-11(9)10(6-7)13-8(2)14/h3-6,12H,1-2H3,(H,13,14). The minimum atomic E-state index is -0.0495. The van der Waals surface area contributed by atoms with E-state index in [-0.39, 0.29) is 5.91 Å². The summed E-state index contributed by atoms with van der Waals surface area (Å²) in [6.07, 6.45) is 1.87. The predicted molar refractivity (Wildman–Crippen MR) is 57.3 cm³/mol. The van der Waals surface area contributed by atoms with E-state index in [1.54, 1.807) is 0 Å². The second kappa shape index (κ2) is 3.18. The summed E-state index contributed by atoms with van der Waals surface area (Å²) < 4.78 is 0. The topological polar surface area (TPSA) is 44.9 Å². The molecule has 0 saturated carbocycles. The van der Waals surface area contributed by atoms with E-state index in [0.717, 1.165) is 22.2 Å². The molecule has 72 valence electrons. The van der Waals surface area contributed by atoms with Crippen LogP contribution in [-0.2, 0) is 4.79 Å². The molecule has 1 aromatic heterocycles. The van der Waals surface area contributed by atoms with E-state index >= 15 is 0 Å². The van der Waals surface area contributed by atoms with Gasteiger partial charge >= 0.3 is 0 Å². The van der Waals surface area contributed by atoms with Crippen LogP contribution in [0.3, 0.4) is 0 Å². The third-order valence-electron chi connectivity index (χ3n) is 2.11. The zero-order valence-corrected chi connectivity index (χ0v) is 8.22. The second-order valence-corrected chi connectivity index (χ2v) is 3.44. The first-order valence-corrected chi connectivity index (χ1v) is 4.52. The van der Waals surface area contributed by atoms with Crippen molar-refractivity contribution in [2.45, 2.75) is 13.8 Å². The van der Waals surface area contributed by atoms with E-state index in [9.17, 15) is 4.79 Å². The van der Waals surface area contributed by atoms with Crippen LogP contribution in [0.25, 0.3) is 10.9 Å². The summed E-state index contributed by atoms with van der Waals surface area (Å²) in [5.74, 6) is -0.0495. The third kappa shape index (κ3) is 1.48. The number of carbonyl (C=O) groups is 1. The maximum atomic E-state index is 11.0. The Morgan fingerprint density at radius 1 is 1.43 bits per heavy atom. The number of nitrogens with one attached hydrogen (secondary N) is 2. The number of rotatable bonds is 1. The first-order chi connectivity index (χ1) is 6.66. The van der Waals surface area contributed by atoms with E-state index < -0.39 is 0 Å². The highest BCUT2D eigenvalue weighted by Crippen LogP contribution is 2.23. The minimum Gasteiger partial charge on any atom is -0.359 e. The number of hydrogen-bond donors (Lipinski definition) is 2. The molecule has 14 heavy (non-hydrogen) atoms. The fourth-order valence-electron chi connectivity index (χ4n) is 1.61. The van der Waals surface area contributed by atoms with E-state index in [1.807, 2.05) is 25.3 Å². The smallest absolute Gasteiger partial charge is 0.221 e. The molecule has 1 aromatic carbocycles. The van der Waals surface area contributed by atoms with Gasteiger partial charge in [0.05, 0.1) is 11.2 Å². The van der Waals surface area contributed by atoms with Gasteiger partial charge in [-0.05, 0) is 30.7 Å². The lowest BCUT2D eigenvalue weighted by Crippen LogP contribution is -2.06. The molecule has 0 unspecified atom stereocenters. The molecule has 0 aliphatic heterocycles. The number of aromatic amines is 1. The number of aromatic nitrogens is 1. The van der Waals surface area contributed by atoms with Crippen LogP contribution < -0.4 is 5.32 Å². The number of H-pyrrole nitrogens is 1. The van der Waals surface area contributed by atoms with Crippen molar-refractivity contribution in [2.75, 3.05) is 5.32 Å². The molecule has 1 amide bonds. The number of anilines is 1. The number of benzene rings is 1. The highest BCUT2D eigenvalue weighted by atomic mass is 16.1. The van der Waals surface area contributed by atoms with E-state index in [0.29, 0.717) is 0 Å². The van der Waals surface area contributed by atoms with Gasteiger partial charge in [0.2, 0.25) is 5.91 Å². The van der Waals surface area contributed by atoms with Crippen LogP contribution in [0, 0.1) is 6.92 Å².